The van der Waals surface area contributed by atoms with Gasteiger partial charge in [-0.15, -0.1) is 11.3 Å². The number of carbonyl (C=O) groups is 1. The van der Waals surface area contributed by atoms with E-state index in [-0.39, 0.29) is 0 Å². The Balaban J connectivity index is 2.07. The van der Waals surface area contributed by atoms with Crippen molar-refractivity contribution in [3.8, 4) is 0 Å². The lowest BCUT2D eigenvalue weighted by Crippen LogP contribution is -1.86. The van der Waals surface area contributed by atoms with Crippen LogP contribution in [0, 0.1) is 0 Å². The lowest BCUT2D eigenvalue weighted by molar-refractivity contribution is -0.131. The molecule has 0 unspecified atom stereocenters. The maximum Gasteiger partial charge on any atom is 0.327 e. The highest BCUT2D eigenvalue weighted by molar-refractivity contribution is 7.17. The molecule has 0 radical (unpaired) electrons. The van der Waals surface area contributed by atoms with Gasteiger partial charge in [-0.3, -0.25) is 0 Å². The van der Waals surface area contributed by atoms with Gasteiger partial charge in [-0.05, 0) is 35.2 Å². The first-order chi connectivity index (χ1) is 7.77. The zero-order valence-electron chi connectivity index (χ0n) is 8.72. The van der Waals surface area contributed by atoms with Crippen LogP contribution in [-0.4, -0.2) is 11.1 Å². The zero-order chi connectivity index (χ0) is 11.4. The Labute approximate surface area is 97.8 Å². The van der Waals surface area contributed by atoms with Crippen LogP contribution in [0.25, 0.3) is 10.1 Å². The van der Waals surface area contributed by atoms with Crippen molar-refractivity contribution in [2.75, 3.05) is 0 Å². The van der Waals surface area contributed by atoms with E-state index in [1.165, 1.54) is 21.7 Å². The van der Waals surface area contributed by atoms with Crippen LogP contribution in [0.4, 0.5) is 0 Å². The van der Waals surface area contributed by atoms with E-state index in [0.29, 0.717) is 0 Å². The summed E-state index contributed by atoms with van der Waals surface area (Å²) in [6.45, 7) is 0. The van der Waals surface area contributed by atoms with E-state index >= 15 is 0 Å². The first-order valence-corrected chi connectivity index (χ1v) is 6.00. The van der Waals surface area contributed by atoms with Gasteiger partial charge in [0.15, 0.2) is 0 Å². The second kappa shape index (κ2) is 4.94. The summed E-state index contributed by atoms with van der Waals surface area (Å²) in [5, 5.41) is 11.9. The van der Waals surface area contributed by atoms with E-state index in [4.69, 9.17) is 5.11 Å². The van der Waals surface area contributed by atoms with Crippen molar-refractivity contribution in [1.29, 1.82) is 0 Å². The maximum absolute atomic E-state index is 10.3. The van der Waals surface area contributed by atoms with Crippen LogP contribution in [0.5, 0.6) is 0 Å². The second-order valence-corrected chi connectivity index (χ2v) is 4.45. The maximum atomic E-state index is 10.3. The molecule has 2 aromatic rings. The Kier molecular flexibility index (Phi) is 3.37. The van der Waals surface area contributed by atoms with Gasteiger partial charge in [-0.2, -0.15) is 0 Å². The minimum atomic E-state index is -0.879. The number of aryl methyl sites for hydroxylation is 1. The summed E-state index contributed by atoms with van der Waals surface area (Å²) < 4.78 is 1.29. The van der Waals surface area contributed by atoms with Crippen molar-refractivity contribution in [3.63, 3.8) is 0 Å². The fourth-order valence-corrected chi connectivity index (χ4v) is 2.65. The number of fused-ring (bicyclic) bond motifs is 1. The normalized spacial score (nSPS) is 11.2. The van der Waals surface area contributed by atoms with Crippen LogP contribution in [0.3, 0.4) is 0 Å². The highest BCUT2D eigenvalue weighted by Gasteiger charge is 2.01. The minimum Gasteiger partial charge on any atom is -0.478 e. The molecule has 0 saturated heterocycles. The van der Waals surface area contributed by atoms with E-state index in [9.17, 15) is 4.79 Å². The Morgan fingerprint density at radius 2 is 2.19 bits per heavy atom. The van der Waals surface area contributed by atoms with Gasteiger partial charge in [0.1, 0.15) is 0 Å². The number of allylic oxidation sites excluding steroid dienone is 1. The van der Waals surface area contributed by atoms with Gasteiger partial charge in [0.05, 0.1) is 0 Å². The van der Waals surface area contributed by atoms with Crippen LogP contribution < -0.4 is 0 Å². The van der Waals surface area contributed by atoms with E-state index < -0.39 is 5.97 Å². The standard InChI is InChI=1S/C13H12O2S/c14-13(15)8-4-1-5-10-9-16-12-7-3-2-6-11(10)12/h2-4,6-9H,1,5H2,(H,14,15)/b8-4+. The predicted molar refractivity (Wildman–Crippen MR) is 66.9 cm³/mol. The molecule has 0 amide bonds. The smallest absolute Gasteiger partial charge is 0.327 e. The van der Waals surface area contributed by atoms with E-state index in [1.54, 1.807) is 17.4 Å². The molecular formula is C13H12O2S. The van der Waals surface area contributed by atoms with Crippen molar-refractivity contribution in [2.45, 2.75) is 12.8 Å². The van der Waals surface area contributed by atoms with Crippen molar-refractivity contribution in [3.05, 3.63) is 47.4 Å². The Hall–Kier alpha value is -1.61. The molecule has 0 atom stereocenters. The molecule has 1 aromatic carbocycles. The van der Waals surface area contributed by atoms with Crippen molar-refractivity contribution >= 4 is 27.4 Å². The highest BCUT2D eigenvalue weighted by atomic mass is 32.1. The predicted octanol–water partition coefficient (Wildman–Crippen LogP) is 3.47. The number of thiophene rings is 1. The largest absolute Gasteiger partial charge is 0.478 e. The van der Waals surface area contributed by atoms with Crippen molar-refractivity contribution < 1.29 is 9.90 Å². The SMILES string of the molecule is O=C(O)/C=C/CCc1csc2ccccc12. The van der Waals surface area contributed by atoms with Gasteiger partial charge < -0.3 is 5.11 Å². The van der Waals surface area contributed by atoms with Gasteiger partial charge in [-0.1, -0.05) is 24.3 Å². The molecule has 0 aliphatic carbocycles. The Morgan fingerprint density at radius 3 is 3.00 bits per heavy atom. The molecule has 1 aromatic heterocycles. The zero-order valence-corrected chi connectivity index (χ0v) is 9.54. The first kappa shape index (κ1) is 10.9. The van der Waals surface area contributed by atoms with Crippen molar-refractivity contribution in [2.24, 2.45) is 0 Å². The lowest BCUT2D eigenvalue weighted by atomic mass is 10.1. The summed E-state index contributed by atoms with van der Waals surface area (Å²) in [4.78, 5) is 10.3. The van der Waals surface area contributed by atoms with E-state index in [1.807, 2.05) is 12.1 Å². The number of benzene rings is 1. The fourth-order valence-electron chi connectivity index (χ4n) is 1.65. The van der Waals surface area contributed by atoms with Gasteiger partial charge in [-0.25, -0.2) is 4.79 Å². The molecule has 1 N–H and O–H groups in total. The number of aliphatic carboxylic acids is 1. The Morgan fingerprint density at radius 1 is 1.38 bits per heavy atom. The average molecular weight is 232 g/mol. The van der Waals surface area contributed by atoms with Crippen LogP contribution in [0.1, 0.15) is 12.0 Å². The second-order valence-electron chi connectivity index (χ2n) is 3.54. The topological polar surface area (TPSA) is 37.3 Å². The van der Waals surface area contributed by atoms with Crippen LogP contribution in [-0.2, 0) is 11.2 Å². The van der Waals surface area contributed by atoms with E-state index in [2.05, 4.69) is 17.5 Å². The molecule has 82 valence electrons. The molecule has 1 heterocycles. The lowest BCUT2D eigenvalue weighted by Gasteiger charge is -1.95. The minimum absolute atomic E-state index is 0.771. The average Bonchev–Trinajstić information content (AvgIpc) is 2.68. The number of rotatable bonds is 4. The summed E-state index contributed by atoms with van der Waals surface area (Å²) in [6.07, 6.45) is 4.57. The van der Waals surface area contributed by atoms with Gasteiger partial charge in [0, 0.05) is 10.8 Å². The van der Waals surface area contributed by atoms with Gasteiger partial charge in [0.2, 0.25) is 0 Å². The third-order valence-electron chi connectivity index (χ3n) is 2.40. The van der Waals surface area contributed by atoms with Crippen LogP contribution in [0.15, 0.2) is 41.8 Å². The molecule has 0 saturated carbocycles. The van der Waals surface area contributed by atoms with Crippen molar-refractivity contribution in [1.82, 2.24) is 0 Å². The van der Waals surface area contributed by atoms with E-state index in [0.717, 1.165) is 12.8 Å². The van der Waals surface area contributed by atoms with Gasteiger partial charge in [0.25, 0.3) is 0 Å². The summed E-state index contributed by atoms with van der Waals surface area (Å²) in [5.41, 5.74) is 1.30. The number of carboxylic acids is 1. The third kappa shape index (κ3) is 2.49. The summed E-state index contributed by atoms with van der Waals surface area (Å²) >= 11 is 1.74. The molecule has 2 nitrogen and oxygen atoms in total. The molecule has 0 bridgehead atoms. The molecular weight excluding hydrogens is 220 g/mol. The molecule has 2 rings (SSSR count). The molecule has 0 aliphatic heterocycles. The number of hydrogen-bond donors (Lipinski definition) is 1. The molecule has 0 spiro atoms. The highest BCUT2D eigenvalue weighted by Crippen LogP contribution is 2.26. The molecule has 3 heteroatoms. The monoisotopic (exact) mass is 232 g/mol. The number of carboxylic acid groups (broad SMARTS) is 1. The van der Waals surface area contributed by atoms with Crippen LogP contribution >= 0.6 is 11.3 Å². The summed E-state index contributed by atoms with van der Waals surface area (Å²) in [5.74, 6) is -0.879. The molecule has 0 aliphatic rings. The summed E-state index contributed by atoms with van der Waals surface area (Å²) in [6, 6.07) is 8.29. The van der Waals surface area contributed by atoms with Gasteiger partial charge >= 0.3 is 5.97 Å². The Bertz CT molecular complexity index is 525. The first-order valence-electron chi connectivity index (χ1n) is 5.12. The molecule has 0 fully saturated rings. The fraction of sp³-hybridized carbons (Fsp3) is 0.154. The van der Waals surface area contributed by atoms with Crippen LogP contribution in [0.2, 0.25) is 0 Å². The third-order valence-corrected chi connectivity index (χ3v) is 3.41. The quantitative estimate of drug-likeness (QED) is 0.819. The molecule has 16 heavy (non-hydrogen) atoms. The number of hydrogen-bond acceptors (Lipinski definition) is 2. The summed E-state index contributed by atoms with van der Waals surface area (Å²) in [7, 11) is 0.